The van der Waals surface area contributed by atoms with Crippen molar-refractivity contribution in [3.63, 3.8) is 0 Å². The average Bonchev–Trinajstić information content (AvgIpc) is 3.19. The van der Waals surface area contributed by atoms with Gasteiger partial charge >= 0.3 is 0 Å². The molecule has 2 heteroatoms. The van der Waals surface area contributed by atoms with Gasteiger partial charge in [-0.05, 0) is 56.4 Å². The lowest BCUT2D eigenvalue weighted by molar-refractivity contribution is 0.0752. The molecule has 2 rings (SSSR count). The van der Waals surface area contributed by atoms with Crippen molar-refractivity contribution in [2.24, 2.45) is 23.7 Å². The van der Waals surface area contributed by atoms with E-state index < -0.39 is 0 Å². The summed E-state index contributed by atoms with van der Waals surface area (Å²) >= 11 is 0. The van der Waals surface area contributed by atoms with Gasteiger partial charge in [0.1, 0.15) is 0 Å². The zero-order valence-electron chi connectivity index (χ0n) is 13.7. The molecule has 0 aromatic heterocycles. The molecule has 0 bridgehead atoms. The molecule has 0 aromatic carbocycles. The van der Waals surface area contributed by atoms with E-state index >= 15 is 0 Å². The number of hydrogen-bond acceptors (Lipinski definition) is 2. The summed E-state index contributed by atoms with van der Waals surface area (Å²) in [7, 11) is 0. The van der Waals surface area contributed by atoms with Gasteiger partial charge in [-0.2, -0.15) is 0 Å². The number of nitrogens with one attached hydrogen (secondary N) is 1. The number of hydrogen-bond donors (Lipinski definition) is 1. The Kier molecular flexibility index (Phi) is 5.30. The number of piperidine rings is 1. The Balaban J connectivity index is 1.91. The van der Waals surface area contributed by atoms with Crippen LogP contribution in [0.4, 0.5) is 0 Å². The van der Waals surface area contributed by atoms with Crippen LogP contribution in [0.25, 0.3) is 0 Å². The lowest BCUT2D eigenvalue weighted by Crippen LogP contribution is -2.53. The van der Waals surface area contributed by atoms with E-state index in [1.165, 1.54) is 38.9 Å². The van der Waals surface area contributed by atoms with E-state index in [1.54, 1.807) is 0 Å². The fourth-order valence-electron chi connectivity index (χ4n) is 3.42. The molecule has 1 saturated carbocycles. The van der Waals surface area contributed by atoms with Crippen molar-refractivity contribution < 1.29 is 0 Å². The minimum atomic E-state index is 0.713. The maximum Gasteiger partial charge on any atom is 0.0198 e. The Bertz CT molecular complexity index is 270. The predicted molar refractivity (Wildman–Crippen MR) is 83.3 cm³/mol. The Morgan fingerprint density at radius 3 is 2.21 bits per heavy atom. The highest BCUT2D eigenvalue weighted by Gasteiger charge is 2.37. The SMILES string of the molecule is CC(C)CNC1CC(C(C)C)CN(C(C)C2CC2)C1. The molecule has 0 amide bonds. The van der Waals surface area contributed by atoms with E-state index in [0.29, 0.717) is 6.04 Å². The summed E-state index contributed by atoms with van der Waals surface area (Å²) < 4.78 is 0. The number of likely N-dealkylation sites (tertiary alicyclic amines) is 1. The average molecular weight is 266 g/mol. The van der Waals surface area contributed by atoms with Gasteiger partial charge in [0.15, 0.2) is 0 Å². The first-order chi connectivity index (χ1) is 8.97. The first-order valence-electron chi connectivity index (χ1n) is 8.44. The van der Waals surface area contributed by atoms with Gasteiger partial charge in [-0.1, -0.05) is 27.7 Å². The number of nitrogens with zero attached hydrogens (tertiary/aromatic N) is 1. The Morgan fingerprint density at radius 1 is 1.00 bits per heavy atom. The quantitative estimate of drug-likeness (QED) is 0.793. The Labute approximate surface area is 120 Å². The molecule has 1 aliphatic heterocycles. The first kappa shape index (κ1) is 15.3. The maximum absolute atomic E-state index is 3.81. The van der Waals surface area contributed by atoms with Gasteiger partial charge in [0, 0.05) is 25.2 Å². The van der Waals surface area contributed by atoms with Crippen molar-refractivity contribution in [3.8, 4) is 0 Å². The fraction of sp³-hybridized carbons (Fsp3) is 1.00. The summed E-state index contributed by atoms with van der Waals surface area (Å²) in [5.74, 6) is 3.45. The van der Waals surface area contributed by atoms with Crippen LogP contribution in [0.1, 0.15) is 53.9 Å². The highest BCUT2D eigenvalue weighted by Crippen LogP contribution is 2.37. The molecule has 2 aliphatic rings. The molecule has 19 heavy (non-hydrogen) atoms. The molecule has 1 heterocycles. The summed E-state index contributed by atoms with van der Waals surface area (Å²) in [5, 5.41) is 3.81. The number of rotatable bonds is 6. The van der Waals surface area contributed by atoms with Crippen LogP contribution in [-0.2, 0) is 0 Å². The van der Waals surface area contributed by atoms with Crippen LogP contribution in [0, 0.1) is 23.7 Å². The fourth-order valence-corrected chi connectivity index (χ4v) is 3.42. The molecule has 0 aromatic rings. The predicted octanol–water partition coefficient (Wildman–Crippen LogP) is 3.38. The zero-order chi connectivity index (χ0) is 14.0. The van der Waals surface area contributed by atoms with Crippen molar-refractivity contribution in [2.45, 2.75) is 66.0 Å². The molecule has 0 spiro atoms. The second-order valence-electron chi connectivity index (χ2n) is 7.77. The van der Waals surface area contributed by atoms with Crippen LogP contribution < -0.4 is 5.32 Å². The Hall–Kier alpha value is -0.0800. The molecule has 112 valence electrons. The van der Waals surface area contributed by atoms with Gasteiger partial charge in [0.05, 0.1) is 0 Å². The van der Waals surface area contributed by atoms with E-state index in [9.17, 15) is 0 Å². The van der Waals surface area contributed by atoms with Crippen LogP contribution in [0.3, 0.4) is 0 Å². The molecule has 1 N–H and O–H groups in total. The molecule has 2 nitrogen and oxygen atoms in total. The third kappa shape index (κ3) is 4.46. The monoisotopic (exact) mass is 266 g/mol. The molecule has 0 radical (unpaired) electrons. The standard InChI is InChI=1S/C17H34N2/c1-12(2)9-18-17-8-16(13(3)4)10-19(11-17)14(5)15-6-7-15/h12-18H,6-11H2,1-5H3. The van der Waals surface area contributed by atoms with Gasteiger partial charge in [-0.15, -0.1) is 0 Å². The van der Waals surface area contributed by atoms with Crippen LogP contribution >= 0.6 is 0 Å². The van der Waals surface area contributed by atoms with Gasteiger partial charge in [0.2, 0.25) is 0 Å². The zero-order valence-corrected chi connectivity index (χ0v) is 13.7. The molecular weight excluding hydrogens is 232 g/mol. The van der Waals surface area contributed by atoms with Crippen molar-refractivity contribution in [1.29, 1.82) is 0 Å². The summed E-state index contributed by atoms with van der Waals surface area (Å²) in [6.45, 7) is 15.6. The normalized spacial score (nSPS) is 31.1. The van der Waals surface area contributed by atoms with Crippen molar-refractivity contribution in [2.75, 3.05) is 19.6 Å². The van der Waals surface area contributed by atoms with Gasteiger partial charge in [-0.3, -0.25) is 4.90 Å². The molecule has 3 atom stereocenters. The Morgan fingerprint density at radius 2 is 1.68 bits per heavy atom. The molecule has 1 saturated heterocycles. The van der Waals surface area contributed by atoms with E-state index in [2.05, 4.69) is 44.8 Å². The highest BCUT2D eigenvalue weighted by atomic mass is 15.2. The van der Waals surface area contributed by atoms with Crippen LogP contribution in [0.2, 0.25) is 0 Å². The summed E-state index contributed by atoms with van der Waals surface area (Å²) in [4.78, 5) is 2.78. The van der Waals surface area contributed by atoms with E-state index in [4.69, 9.17) is 0 Å². The minimum absolute atomic E-state index is 0.713. The van der Waals surface area contributed by atoms with E-state index in [0.717, 1.165) is 29.7 Å². The second kappa shape index (κ2) is 6.58. The van der Waals surface area contributed by atoms with Crippen molar-refractivity contribution >= 4 is 0 Å². The largest absolute Gasteiger partial charge is 0.312 e. The van der Waals surface area contributed by atoms with E-state index in [1.807, 2.05) is 0 Å². The second-order valence-corrected chi connectivity index (χ2v) is 7.77. The van der Waals surface area contributed by atoms with Gasteiger partial charge in [-0.25, -0.2) is 0 Å². The summed E-state index contributed by atoms with van der Waals surface area (Å²) in [6, 6.07) is 1.52. The van der Waals surface area contributed by atoms with Crippen molar-refractivity contribution in [1.82, 2.24) is 10.2 Å². The van der Waals surface area contributed by atoms with Gasteiger partial charge in [0.25, 0.3) is 0 Å². The lowest BCUT2D eigenvalue weighted by Gasteiger charge is -2.43. The van der Waals surface area contributed by atoms with Crippen LogP contribution in [0.5, 0.6) is 0 Å². The highest BCUT2D eigenvalue weighted by molar-refractivity contribution is 4.92. The molecule has 3 unspecified atom stereocenters. The van der Waals surface area contributed by atoms with E-state index in [-0.39, 0.29) is 0 Å². The molecule has 1 aliphatic carbocycles. The maximum atomic E-state index is 3.81. The smallest absolute Gasteiger partial charge is 0.0198 e. The first-order valence-corrected chi connectivity index (χ1v) is 8.44. The lowest BCUT2D eigenvalue weighted by atomic mass is 9.84. The minimum Gasteiger partial charge on any atom is -0.312 e. The topological polar surface area (TPSA) is 15.3 Å². The summed E-state index contributed by atoms with van der Waals surface area (Å²) in [6.07, 6.45) is 4.31. The van der Waals surface area contributed by atoms with Crippen molar-refractivity contribution in [3.05, 3.63) is 0 Å². The van der Waals surface area contributed by atoms with Crippen LogP contribution in [-0.4, -0.2) is 36.6 Å². The van der Waals surface area contributed by atoms with Crippen LogP contribution in [0.15, 0.2) is 0 Å². The molecular formula is C17H34N2. The third-order valence-corrected chi connectivity index (χ3v) is 5.15. The van der Waals surface area contributed by atoms with Gasteiger partial charge < -0.3 is 5.32 Å². The third-order valence-electron chi connectivity index (χ3n) is 5.15. The molecule has 2 fully saturated rings. The summed E-state index contributed by atoms with van der Waals surface area (Å²) in [5.41, 5.74) is 0.